The number of rotatable bonds is 7. The molecule has 0 saturated carbocycles. The maximum Gasteiger partial charge on any atom is 0.319 e. The van der Waals surface area contributed by atoms with Crippen LogP contribution in [0.2, 0.25) is 0 Å². The molecule has 0 aliphatic heterocycles. The quantitative estimate of drug-likeness (QED) is 0.669. The number of benzene rings is 1. The molecule has 0 bridgehead atoms. The fourth-order valence-electron chi connectivity index (χ4n) is 2.97. The number of methoxy groups -OCH3 is 1. The fourth-order valence-corrected chi connectivity index (χ4v) is 2.97. The van der Waals surface area contributed by atoms with Crippen molar-refractivity contribution in [3.8, 4) is 0 Å². The van der Waals surface area contributed by atoms with E-state index in [9.17, 15) is 9.18 Å². The number of halogens is 1. The van der Waals surface area contributed by atoms with Crippen LogP contribution in [0.15, 0.2) is 42.7 Å². The van der Waals surface area contributed by atoms with Crippen LogP contribution in [0.5, 0.6) is 0 Å². The summed E-state index contributed by atoms with van der Waals surface area (Å²) in [5.74, 6) is -0.343. The first-order chi connectivity index (χ1) is 13.1. The highest BCUT2D eigenvalue weighted by Crippen LogP contribution is 2.20. The molecule has 0 aliphatic rings. The molecule has 0 spiro atoms. The standard InChI is InChI=1S/C20H23FN4O2/c1-14-17(21)6-3-7-18(14)24-20(26)23-10-8-15-13-25(11-12-27-2)19-16(15)5-4-9-22-19/h3-7,9,13H,8,10-12H2,1-2H3,(H2,23,24,26). The van der Waals surface area contributed by atoms with Crippen molar-refractivity contribution in [1.29, 1.82) is 0 Å². The number of urea groups is 1. The topological polar surface area (TPSA) is 68.2 Å². The van der Waals surface area contributed by atoms with Crippen molar-refractivity contribution in [3.05, 3.63) is 59.7 Å². The van der Waals surface area contributed by atoms with Crippen molar-refractivity contribution in [1.82, 2.24) is 14.9 Å². The van der Waals surface area contributed by atoms with Gasteiger partial charge in [0.2, 0.25) is 0 Å². The number of amides is 2. The van der Waals surface area contributed by atoms with Crippen molar-refractivity contribution in [2.24, 2.45) is 0 Å². The van der Waals surface area contributed by atoms with Crippen LogP contribution in [0.4, 0.5) is 14.9 Å². The number of anilines is 1. The van der Waals surface area contributed by atoms with Crippen LogP contribution in [0, 0.1) is 12.7 Å². The highest BCUT2D eigenvalue weighted by atomic mass is 19.1. The van der Waals surface area contributed by atoms with E-state index < -0.39 is 0 Å². The lowest BCUT2D eigenvalue weighted by Crippen LogP contribution is -2.30. The number of hydrogen-bond acceptors (Lipinski definition) is 3. The zero-order valence-corrected chi connectivity index (χ0v) is 15.5. The van der Waals surface area contributed by atoms with Crippen molar-refractivity contribution < 1.29 is 13.9 Å². The minimum absolute atomic E-state index is 0.343. The molecule has 0 radical (unpaired) electrons. The van der Waals surface area contributed by atoms with Gasteiger partial charge in [-0.05, 0) is 43.2 Å². The summed E-state index contributed by atoms with van der Waals surface area (Å²) < 4.78 is 20.8. The SMILES string of the molecule is COCCn1cc(CCNC(=O)Nc2cccc(F)c2C)c2cccnc21. The molecule has 2 N–H and O–H groups in total. The number of nitrogens with one attached hydrogen (secondary N) is 2. The fraction of sp³-hybridized carbons (Fsp3) is 0.300. The van der Waals surface area contributed by atoms with E-state index in [0.29, 0.717) is 30.8 Å². The first-order valence-corrected chi connectivity index (χ1v) is 8.82. The van der Waals surface area contributed by atoms with E-state index in [-0.39, 0.29) is 11.8 Å². The van der Waals surface area contributed by atoms with Gasteiger partial charge in [-0.2, -0.15) is 0 Å². The lowest BCUT2D eigenvalue weighted by Gasteiger charge is -2.10. The molecule has 3 aromatic rings. The molecule has 0 fully saturated rings. The Hall–Kier alpha value is -2.93. The molecule has 0 aliphatic carbocycles. The van der Waals surface area contributed by atoms with E-state index >= 15 is 0 Å². The summed E-state index contributed by atoms with van der Waals surface area (Å²) in [5, 5.41) is 6.57. The van der Waals surface area contributed by atoms with Gasteiger partial charge in [-0.15, -0.1) is 0 Å². The van der Waals surface area contributed by atoms with Crippen LogP contribution in [0.3, 0.4) is 0 Å². The van der Waals surface area contributed by atoms with Gasteiger partial charge in [0.25, 0.3) is 0 Å². The minimum atomic E-state index is -0.357. The van der Waals surface area contributed by atoms with Gasteiger partial charge in [0, 0.05) is 49.2 Å². The largest absolute Gasteiger partial charge is 0.383 e. The number of carbonyl (C=O) groups is 1. The first kappa shape index (κ1) is 18.8. The van der Waals surface area contributed by atoms with E-state index in [1.54, 1.807) is 32.4 Å². The summed E-state index contributed by atoms with van der Waals surface area (Å²) in [7, 11) is 1.67. The molecule has 0 unspecified atom stereocenters. The van der Waals surface area contributed by atoms with E-state index in [0.717, 1.165) is 23.1 Å². The second kappa shape index (κ2) is 8.64. The molecule has 2 amide bonds. The molecule has 6 nitrogen and oxygen atoms in total. The third-order valence-corrected chi connectivity index (χ3v) is 4.45. The summed E-state index contributed by atoms with van der Waals surface area (Å²) in [6, 6.07) is 8.18. The Balaban J connectivity index is 1.61. The van der Waals surface area contributed by atoms with Gasteiger partial charge in [-0.1, -0.05) is 6.07 Å². The molecule has 2 heterocycles. The van der Waals surface area contributed by atoms with Gasteiger partial charge in [0.15, 0.2) is 0 Å². The van der Waals surface area contributed by atoms with Crippen LogP contribution in [-0.2, 0) is 17.7 Å². The van der Waals surface area contributed by atoms with E-state index in [1.807, 2.05) is 18.3 Å². The van der Waals surface area contributed by atoms with Crippen molar-refractivity contribution >= 4 is 22.8 Å². The van der Waals surface area contributed by atoms with Gasteiger partial charge in [0.1, 0.15) is 11.5 Å². The molecular formula is C20H23FN4O2. The number of carbonyl (C=O) groups excluding carboxylic acids is 1. The van der Waals surface area contributed by atoms with E-state index in [2.05, 4.69) is 20.2 Å². The van der Waals surface area contributed by atoms with Crippen LogP contribution in [0.25, 0.3) is 11.0 Å². The Kier molecular flexibility index (Phi) is 6.03. The highest BCUT2D eigenvalue weighted by molar-refractivity contribution is 5.90. The van der Waals surface area contributed by atoms with Crippen molar-refractivity contribution in [2.75, 3.05) is 25.6 Å². The third-order valence-electron chi connectivity index (χ3n) is 4.45. The van der Waals surface area contributed by atoms with Crippen LogP contribution >= 0.6 is 0 Å². The molecule has 142 valence electrons. The Labute approximate surface area is 157 Å². The van der Waals surface area contributed by atoms with Crippen LogP contribution in [0.1, 0.15) is 11.1 Å². The third kappa shape index (κ3) is 4.43. The summed E-state index contributed by atoms with van der Waals surface area (Å²) in [6.45, 7) is 3.41. The minimum Gasteiger partial charge on any atom is -0.383 e. The number of pyridine rings is 1. The highest BCUT2D eigenvalue weighted by Gasteiger charge is 2.10. The lowest BCUT2D eigenvalue weighted by atomic mass is 10.1. The number of ether oxygens (including phenoxy) is 1. The Morgan fingerprint density at radius 2 is 2.15 bits per heavy atom. The zero-order chi connectivity index (χ0) is 19.2. The van der Waals surface area contributed by atoms with Gasteiger partial charge < -0.3 is 19.9 Å². The average molecular weight is 370 g/mol. The van der Waals surface area contributed by atoms with Crippen molar-refractivity contribution in [3.63, 3.8) is 0 Å². The van der Waals surface area contributed by atoms with Gasteiger partial charge >= 0.3 is 6.03 Å². The number of aromatic nitrogens is 2. The second-order valence-corrected chi connectivity index (χ2v) is 6.26. The normalized spacial score (nSPS) is 10.9. The summed E-state index contributed by atoms with van der Waals surface area (Å²) in [5.41, 5.74) is 2.90. The monoisotopic (exact) mass is 370 g/mol. The number of fused-ring (bicyclic) bond motifs is 1. The molecule has 1 aromatic carbocycles. The predicted molar refractivity (Wildman–Crippen MR) is 103 cm³/mol. The zero-order valence-electron chi connectivity index (χ0n) is 15.5. The molecule has 2 aromatic heterocycles. The Morgan fingerprint density at radius 1 is 1.30 bits per heavy atom. The lowest BCUT2D eigenvalue weighted by molar-refractivity contribution is 0.188. The van der Waals surface area contributed by atoms with Gasteiger partial charge in [-0.25, -0.2) is 14.2 Å². The second-order valence-electron chi connectivity index (χ2n) is 6.26. The van der Waals surface area contributed by atoms with E-state index in [4.69, 9.17) is 4.74 Å². The predicted octanol–water partition coefficient (Wildman–Crippen LogP) is 3.49. The summed E-state index contributed by atoms with van der Waals surface area (Å²) in [4.78, 5) is 16.5. The molecule has 0 saturated heterocycles. The van der Waals surface area contributed by atoms with Gasteiger partial charge in [0.05, 0.1) is 6.61 Å². The smallest absolute Gasteiger partial charge is 0.319 e. The van der Waals surface area contributed by atoms with Gasteiger partial charge in [-0.3, -0.25) is 0 Å². The van der Waals surface area contributed by atoms with Crippen LogP contribution in [-0.4, -0.2) is 35.8 Å². The molecule has 3 rings (SSSR count). The van der Waals surface area contributed by atoms with Crippen LogP contribution < -0.4 is 10.6 Å². The van der Waals surface area contributed by atoms with E-state index in [1.165, 1.54) is 6.07 Å². The number of hydrogen-bond donors (Lipinski definition) is 2. The summed E-state index contributed by atoms with van der Waals surface area (Å²) >= 11 is 0. The Bertz CT molecular complexity index is 939. The van der Waals surface area contributed by atoms with Crippen molar-refractivity contribution in [2.45, 2.75) is 19.9 Å². The average Bonchev–Trinajstić information content (AvgIpc) is 3.02. The molecule has 7 heteroatoms. The summed E-state index contributed by atoms with van der Waals surface area (Å²) in [6.07, 6.45) is 4.48. The first-order valence-electron chi connectivity index (χ1n) is 8.82. The number of nitrogens with zero attached hydrogens (tertiary/aromatic N) is 2. The molecule has 27 heavy (non-hydrogen) atoms. The maximum atomic E-state index is 13.6. The Morgan fingerprint density at radius 3 is 2.96 bits per heavy atom. The maximum absolute atomic E-state index is 13.6. The molecular weight excluding hydrogens is 347 g/mol. The molecule has 0 atom stereocenters.